The highest BCUT2D eigenvalue weighted by molar-refractivity contribution is 9.10. The second-order valence-corrected chi connectivity index (χ2v) is 8.94. The Hall–Kier alpha value is -1.98. The van der Waals surface area contributed by atoms with Crippen molar-refractivity contribution in [3.8, 4) is 0 Å². The van der Waals surface area contributed by atoms with Crippen LogP contribution in [-0.2, 0) is 0 Å². The standard InChI is InChI=1S/C19H14Br2ClF3N4O2/c1-8-9(22)3-2-4-10(8)27-18(30)16-15(21)17-26-11(12-5-6-14(20)31-12)7-13(19(23,24)25)29(17)28-16/h2-6,11,13,26H,7H2,1H3,(H,27,30). The van der Waals surface area contributed by atoms with Gasteiger partial charge >= 0.3 is 6.18 Å². The average Bonchev–Trinajstić information content (AvgIpc) is 3.27. The number of alkyl halides is 3. The molecule has 6 nitrogen and oxygen atoms in total. The smallest absolute Gasteiger partial charge is 0.410 e. The SMILES string of the molecule is Cc1c(Cl)cccc1NC(=O)c1nn2c(c1Br)NC(c1ccc(Br)o1)CC2C(F)(F)F. The highest BCUT2D eigenvalue weighted by Gasteiger charge is 2.48. The van der Waals surface area contributed by atoms with Gasteiger partial charge in [-0.2, -0.15) is 18.3 Å². The van der Waals surface area contributed by atoms with Crippen LogP contribution >= 0.6 is 43.5 Å². The number of hydrogen-bond donors (Lipinski definition) is 2. The number of carbonyl (C=O) groups excluding carboxylic acids is 1. The van der Waals surface area contributed by atoms with E-state index in [1.165, 1.54) is 0 Å². The van der Waals surface area contributed by atoms with Crippen LogP contribution in [0.5, 0.6) is 0 Å². The Balaban J connectivity index is 1.71. The van der Waals surface area contributed by atoms with Gasteiger partial charge in [0, 0.05) is 17.1 Å². The van der Waals surface area contributed by atoms with Crippen molar-refractivity contribution in [1.29, 1.82) is 0 Å². The zero-order chi connectivity index (χ0) is 22.5. The maximum atomic E-state index is 13.8. The molecule has 31 heavy (non-hydrogen) atoms. The number of amides is 1. The first-order valence-electron chi connectivity index (χ1n) is 8.99. The minimum atomic E-state index is -4.58. The summed E-state index contributed by atoms with van der Waals surface area (Å²) in [7, 11) is 0. The van der Waals surface area contributed by atoms with Crippen LogP contribution < -0.4 is 10.6 Å². The molecule has 0 radical (unpaired) electrons. The number of rotatable bonds is 3. The van der Waals surface area contributed by atoms with Gasteiger partial charge in [0.25, 0.3) is 5.91 Å². The molecule has 1 aliphatic rings. The summed E-state index contributed by atoms with van der Waals surface area (Å²) >= 11 is 12.5. The third kappa shape index (κ3) is 4.22. The summed E-state index contributed by atoms with van der Waals surface area (Å²) in [4.78, 5) is 12.8. The fourth-order valence-corrected chi connectivity index (χ4v) is 4.41. The second kappa shape index (κ2) is 8.18. The van der Waals surface area contributed by atoms with E-state index in [0.29, 0.717) is 26.7 Å². The maximum Gasteiger partial charge on any atom is 0.410 e. The van der Waals surface area contributed by atoms with Crippen LogP contribution in [-0.4, -0.2) is 21.9 Å². The Kier molecular flexibility index (Phi) is 5.86. The number of carbonyl (C=O) groups is 1. The van der Waals surface area contributed by atoms with Crippen molar-refractivity contribution in [3.05, 3.63) is 61.5 Å². The zero-order valence-electron chi connectivity index (χ0n) is 15.7. The lowest BCUT2D eigenvalue weighted by Crippen LogP contribution is -2.35. The molecular formula is C19H14Br2ClF3N4O2. The number of benzene rings is 1. The van der Waals surface area contributed by atoms with Crippen LogP contribution in [0.15, 0.2) is 43.9 Å². The third-order valence-corrected chi connectivity index (χ3v) is 6.55. The minimum absolute atomic E-state index is 0.0408. The van der Waals surface area contributed by atoms with E-state index in [4.69, 9.17) is 16.0 Å². The number of aromatic nitrogens is 2. The van der Waals surface area contributed by atoms with Crippen LogP contribution in [0.2, 0.25) is 5.02 Å². The zero-order valence-corrected chi connectivity index (χ0v) is 19.7. The number of nitrogens with zero attached hydrogens (tertiary/aromatic N) is 2. The highest BCUT2D eigenvalue weighted by Crippen LogP contribution is 2.46. The van der Waals surface area contributed by atoms with E-state index in [1.807, 2.05) is 0 Å². The van der Waals surface area contributed by atoms with Gasteiger partial charge in [-0.3, -0.25) is 4.79 Å². The predicted octanol–water partition coefficient (Wildman–Crippen LogP) is 6.88. The molecule has 0 spiro atoms. The first-order valence-corrected chi connectivity index (χ1v) is 11.0. The van der Waals surface area contributed by atoms with Crippen molar-refractivity contribution in [2.75, 3.05) is 10.6 Å². The quantitative estimate of drug-likeness (QED) is 0.354. The summed E-state index contributed by atoms with van der Waals surface area (Å²) in [5.74, 6) is -0.292. The van der Waals surface area contributed by atoms with Crippen molar-refractivity contribution in [3.63, 3.8) is 0 Å². The molecule has 2 aromatic heterocycles. The molecule has 1 aromatic carbocycles. The largest absolute Gasteiger partial charge is 0.452 e. The number of anilines is 2. The molecule has 0 aliphatic carbocycles. The molecule has 4 rings (SSSR count). The number of furan rings is 1. The Morgan fingerprint density at radius 3 is 2.71 bits per heavy atom. The lowest BCUT2D eigenvalue weighted by Gasteiger charge is -2.32. The lowest BCUT2D eigenvalue weighted by molar-refractivity contribution is -0.174. The number of nitrogens with one attached hydrogen (secondary N) is 2. The van der Waals surface area contributed by atoms with Gasteiger partial charge in [-0.05, 0) is 68.6 Å². The summed E-state index contributed by atoms with van der Waals surface area (Å²) < 4.78 is 48.3. The molecular weight excluding hydrogens is 568 g/mol. The highest BCUT2D eigenvalue weighted by atomic mass is 79.9. The molecule has 164 valence electrons. The summed E-state index contributed by atoms with van der Waals surface area (Å²) in [6.07, 6.45) is -4.93. The Labute approximate surface area is 196 Å². The Bertz CT molecular complexity index is 1160. The summed E-state index contributed by atoms with van der Waals surface area (Å²) in [6, 6.07) is 5.46. The number of halogens is 6. The number of hydrogen-bond acceptors (Lipinski definition) is 4. The molecule has 3 heterocycles. The van der Waals surface area contributed by atoms with Gasteiger partial charge in [0.2, 0.25) is 0 Å². The first-order chi connectivity index (χ1) is 14.6. The van der Waals surface area contributed by atoms with Gasteiger partial charge < -0.3 is 15.1 Å². The summed E-state index contributed by atoms with van der Waals surface area (Å²) in [5.41, 5.74) is 0.888. The molecule has 1 amide bonds. The summed E-state index contributed by atoms with van der Waals surface area (Å²) in [6.45, 7) is 1.72. The van der Waals surface area contributed by atoms with Gasteiger partial charge in [-0.1, -0.05) is 17.7 Å². The molecule has 0 fully saturated rings. The van der Waals surface area contributed by atoms with Gasteiger partial charge in [0.15, 0.2) is 16.4 Å². The van der Waals surface area contributed by atoms with Crippen LogP contribution in [0, 0.1) is 6.92 Å². The maximum absolute atomic E-state index is 13.8. The van der Waals surface area contributed by atoms with E-state index in [9.17, 15) is 18.0 Å². The van der Waals surface area contributed by atoms with E-state index >= 15 is 0 Å². The fourth-order valence-electron chi connectivity index (χ4n) is 3.36. The Morgan fingerprint density at radius 2 is 2.06 bits per heavy atom. The van der Waals surface area contributed by atoms with Crippen LogP contribution in [0.3, 0.4) is 0 Å². The van der Waals surface area contributed by atoms with Gasteiger partial charge in [0.1, 0.15) is 11.6 Å². The molecule has 2 unspecified atom stereocenters. The number of fused-ring (bicyclic) bond motifs is 1. The normalized spacial score (nSPS) is 18.4. The van der Waals surface area contributed by atoms with Gasteiger partial charge in [-0.15, -0.1) is 0 Å². The van der Waals surface area contributed by atoms with E-state index < -0.39 is 24.2 Å². The second-order valence-electron chi connectivity index (χ2n) is 6.95. The minimum Gasteiger partial charge on any atom is -0.452 e. The van der Waals surface area contributed by atoms with Crippen LogP contribution in [0.4, 0.5) is 24.7 Å². The average molecular weight is 583 g/mol. The molecule has 3 aromatic rings. The van der Waals surface area contributed by atoms with Gasteiger partial charge in [0.05, 0.1) is 10.5 Å². The van der Waals surface area contributed by atoms with Crippen LogP contribution in [0.25, 0.3) is 0 Å². The van der Waals surface area contributed by atoms with E-state index in [-0.39, 0.29) is 22.4 Å². The monoisotopic (exact) mass is 580 g/mol. The first kappa shape index (κ1) is 22.2. The topological polar surface area (TPSA) is 72.1 Å². The van der Waals surface area contributed by atoms with Crippen molar-refractivity contribution in [2.45, 2.75) is 31.6 Å². The molecule has 0 bridgehead atoms. The van der Waals surface area contributed by atoms with E-state index in [0.717, 1.165) is 4.68 Å². The molecule has 0 saturated heterocycles. The van der Waals surface area contributed by atoms with Crippen molar-refractivity contribution in [1.82, 2.24) is 9.78 Å². The van der Waals surface area contributed by atoms with Gasteiger partial charge in [-0.25, -0.2) is 4.68 Å². The molecule has 12 heteroatoms. The van der Waals surface area contributed by atoms with Crippen LogP contribution in [0.1, 0.15) is 40.3 Å². The Morgan fingerprint density at radius 1 is 1.32 bits per heavy atom. The molecule has 1 aliphatic heterocycles. The van der Waals surface area contributed by atoms with E-state index in [2.05, 4.69) is 47.6 Å². The molecule has 0 saturated carbocycles. The van der Waals surface area contributed by atoms with Crippen molar-refractivity contribution >= 4 is 60.9 Å². The predicted molar refractivity (Wildman–Crippen MR) is 117 cm³/mol. The van der Waals surface area contributed by atoms with E-state index in [1.54, 1.807) is 37.3 Å². The molecule has 2 atom stereocenters. The summed E-state index contributed by atoms with van der Waals surface area (Å²) in [5, 5.41) is 10.1. The molecule has 2 N–H and O–H groups in total. The van der Waals surface area contributed by atoms with Crippen molar-refractivity contribution < 1.29 is 22.4 Å². The van der Waals surface area contributed by atoms with Crippen molar-refractivity contribution in [2.24, 2.45) is 0 Å². The fraction of sp³-hybridized carbons (Fsp3) is 0.263. The lowest BCUT2D eigenvalue weighted by atomic mass is 10.0. The third-order valence-electron chi connectivity index (χ3n) is 4.96.